The molecular formula is C14H15ClFN3O3. The average Bonchev–Trinajstić information content (AvgIpc) is 2.90. The number of rotatable bonds is 5. The first kappa shape index (κ1) is 16.3. The highest BCUT2D eigenvalue weighted by atomic mass is 35.5. The summed E-state index contributed by atoms with van der Waals surface area (Å²) in [4.78, 5) is 15.6. The molecule has 0 fully saturated rings. The zero-order valence-electron chi connectivity index (χ0n) is 11.8. The van der Waals surface area contributed by atoms with Crippen LogP contribution in [0.2, 0.25) is 5.02 Å². The van der Waals surface area contributed by atoms with Crippen molar-refractivity contribution >= 4 is 17.6 Å². The number of halogens is 2. The van der Waals surface area contributed by atoms with Crippen LogP contribution in [0.4, 0.5) is 9.18 Å². The summed E-state index contributed by atoms with van der Waals surface area (Å²) < 4.78 is 18.3. The fourth-order valence-corrected chi connectivity index (χ4v) is 1.87. The smallest absolute Gasteiger partial charge is 0.315 e. The van der Waals surface area contributed by atoms with Crippen molar-refractivity contribution in [2.24, 2.45) is 0 Å². The summed E-state index contributed by atoms with van der Waals surface area (Å²) in [7, 11) is 0. The maximum absolute atomic E-state index is 13.3. The van der Waals surface area contributed by atoms with Crippen LogP contribution in [-0.4, -0.2) is 22.7 Å². The molecule has 0 bridgehead atoms. The second-order valence-corrected chi connectivity index (χ2v) is 5.02. The normalized spacial score (nSPS) is 12.0. The maximum atomic E-state index is 13.3. The Labute approximate surface area is 131 Å². The lowest BCUT2D eigenvalue weighted by Crippen LogP contribution is -2.37. The van der Waals surface area contributed by atoms with E-state index < -0.39 is 18.0 Å². The summed E-state index contributed by atoms with van der Waals surface area (Å²) in [5.41, 5.74) is 0.949. The predicted octanol–water partition coefficient (Wildman–Crippen LogP) is 2.31. The van der Waals surface area contributed by atoms with Gasteiger partial charge in [0.05, 0.1) is 17.7 Å². The van der Waals surface area contributed by atoms with E-state index in [1.165, 1.54) is 18.5 Å². The topological polar surface area (TPSA) is 87.4 Å². The van der Waals surface area contributed by atoms with Gasteiger partial charge in [0.2, 0.25) is 0 Å². The molecule has 1 unspecified atom stereocenters. The fourth-order valence-electron chi connectivity index (χ4n) is 1.75. The molecule has 3 N–H and O–H groups in total. The molecule has 2 amide bonds. The molecule has 1 atom stereocenters. The van der Waals surface area contributed by atoms with E-state index in [2.05, 4.69) is 15.6 Å². The van der Waals surface area contributed by atoms with Crippen LogP contribution in [0.15, 0.2) is 29.0 Å². The molecule has 1 heterocycles. The molecule has 0 aliphatic carbocycles. The standard InChI is InChI=1S/C14H15ClFN3O3/c1-8-12(19-7-22-8)5-17-14(21)18-6-13(20)9-2-3-10(15)11(16)4-9/h2-4,7,13,20H,5-6H2,1H3,(H2,17,18,21). The summed E-state index contributed by atoms with van der Waals surface area (Å²) in [6.07, 6.45) is 0.259. The molecule has 8 heteroatoms. The van der Waals surface area contributed by atoms with Crippen LogP contribution < -0.4 is 10.6 Å². The first-order chi connectivity index (χ1) is 10.5. The number of hydrogen-bond acceptors (Lipinski definition) is 4. The largest absolute Gasteiger partial charge is 0.448 e. The molecule has 22 heavy (non-hydrogen) atoms. The summed E-state index contributed by atoms with van der Waals surface area (Å²) >= 11 is 5.57. The third-order valence-electron chi connectivity index (χ3n) is 3.05. The summed E-state index contributed by atoms with van der Waals surface area (Å²) in [6, 6.07) is 3.50. The minimum atomic E-state index is -1.04. The minimum Gasteiger partial charge on any atom is -0.448 e. The molecule has 0 saturated heterocycles. The molecule has 2 rings (SSSR count). The Morgan fingerprint density at radius 2 is 2.27 bits per heavy atom. The Balaban J connectivity index is 1.80. The fraction of sp³-hybridized carbons (Fsp3) is 0.286. The first-order valence-corrected chi connectivity index (χ1v) is 6.89. The van der Waals surface area contributed by atoms with Crippen molar-refractivity contribution in [3.05, 3.63) is 52.5 Å². The van der Waals surface area contributed by atoms with Crippen molar-refractivity contribution in [1.82, 2.24) is 15.6 Å². The highest BCUT2D eigenvalue weighted by Crippen LogP contribution is 2.19. The Hall–Kier alpha value is -2.12. The lowest BCUT2D eigenvalue weighted by Gasteiger charge is -2.13. The van der Waals surface area contributed by atoms with Gasteiger partial charge in [-0.1, -0.05) is 17.7 Å². The number of carbonyl (C=O) groups excluding carboxylic acids is 1. The number of hydrogen-bond donors (Lipinski definition) is 3. The van der Waals surface area contributed by atoms with E-state index in [1.807, 2.05) is 0 Å². The van der Waals surface area contributed by atoms with Crippen molar-refractivity contribution in [3.8, 4) is 0 Å². The molecular weight excluding hydrogens is 313 g/mol. The number of carbonyl (C=O) groups is 1. The van der Waals surface area contributed by atoms with Gasteiger partial charge in [-0.3, -0.25) is 0 Å². The number of aliphatic hydroxyl groups excluding tert-OH is 1. The van der Waals surface area contributed by atoms with Gasteiger partial charge in [0.1, 0.15) is 17.3 Å². The molecule has 118 valence electrons. The third kappa shape index (κ3) is 4.19. The van der Waals surface area contributed by atoms with E-state index in [0.717, 1.165) is 6.07 Å². The second kappa shape index (κ2) is 7.24. The third-order valence-corrected chi connectivity index (χ3v) is 3.35. The SMILES string of the molecule is Cc1ocnc1CNC(=O)NCC(O)c1ccc(Cl)c(F)c1. The molecule has 1 aromatic carbocycles. The number of urea groups is 1. The second-order valence-electron chi connectivity index (χ2n) is 4.61. The van der Waals surface area contributed by atoms with Crippen molar-refractivity contribution in [1.29, 1.82) is 0 Å². The van der Waals surface area contributed by atoms with Crippen LogP contribution in [0, 0.1) is 12.7 Å². The number of nitrogens with one attached hydrogen (secondary N) is 2. The Morgan fingerprint density at radius 3 is 2.91 bits per heavy atom. The minimum absolute atomic E-state index is 0.0235. The number of aliphatic hydroxyl groups is 1. The zero-order valence-corrected chi connectivity index (χ0v) is 12.5. The number of oxazole rings is 1. The lowest BCUT2D eigenvalue weighted by molar-refractivity contribution is 0.172. The summed E-state index contributed by atoms with van der Waals surface area (Å²) in [5, 5.41) is 14.9. The number of aromatic nitrogens is 1. The van der Waals surface area contributed by atoms with E-state index in [1.54, 1.807) is 6.92 Å². The Morgan fingerprint density at radius 1 is 1.50 bits per heavy atom. The van der Waals surface area contributed by atoms with Gasteiger partial charge in [0.15, 0.2) is 6.39 Å². The van der Waals surface area contributed by atoms with Gasteiger partial charge in [0.25, 0.3) is 0 Å². The van der Waals surface area contributed by atoms with Crippen LogP contribution >= 0.6 is 11.6 Å². The number of benzene rings is 1. The van der Waals surface area contributed by atoms with Crippen LogP contribution in [-0.2, 0) is 6.54 Å². The molecule has 6 nitrogen and oxygen atoms in total. The molecule has 1 aromatic heterocycles. The molecule has 0 radical (unpaired) electrons. The predicted molar refractivity (Wildman–Crippen MR) is 77.8 cm³/mol. The maximum Gasteiger partial charge on any atom is 0.315 e. The van der Waals surface area contributed by atoms with E-state index in [9.17, 15) is 14.3 Å². The van der Waals surface area contributed by atoms with Crippen molar-refractivity contribution in [3.63, 3.8) is 0 Å². The molecule has 0 spiro atoms. The monoisotopic (exact) mass is 327 g/mol. The van der Waals surface area contributed by atoms with Gasteiger partial charge in [-0.2, -0.15) is 0 Å². The highest BCUT2D eigenvalue weighted by Gasteiger charge is 2.12. The quantitative estimate of drug-likeness (QED) is 0.786. The Bertz CT molecular complexity index is 663. The van der Waals surface area contributed by atoms with Crippen LogP contribution in [0.25, 0.3) is 0 Å². The van der Waals surface area contributed by atoms with E-state index in [-0.39, 0.29) is 18.1 Å². The van der Waals surface area contributed by atoms with Crippen molar-refractivity contribution in [2.75, 3.05) is 6.54 Å². The first-order valence-electron chi connectivity index (χ1n) is 6.51. The average molecular weight is 328 g/mol. The molecule has 0 aliphatic heterocycles. The van der Waals surface area contributed by atoms with Crippen molar-refractivity contribution < 1.29 is 18.7 Å². The lowest BCUT2D eigenvalue weighted by atomic mass is 10.1. The molecule has 0 saturated carbocycles. The molecule has 0 aliphatic rings. The highest BCUT2D eigenvalue weighted by molar-refractivity contribution is 6.30. The van der Waals surface area contributed by atoms with Gasteiger partial charge in [-0.15, -0.1) is 0 Å². The summed E-state index contributed by atoms with van der Waals surface area (Å²) in [6.45, 7) is 1.88. The van der Waals surface area contributed by atoms with Crippen LogP contribution in [0.1, 0.15) is 23.1 Å². The van der Waals surface area contributed by atoms with E-state index in [0.29, 0.717) is 17.0 Å². The summed E-state index contributed by atoms with van der Waals surface area (Å²) in [5.74, 6) is 0.00106. The Kier molecular flexibility index (Phi) is 5.35. The van der Waals surface area contributed by atoms with Gasteiger partial charge in [-0.25, -0.2) is 14.2 Å². The van der Waals surface area contributed by atoms with E-state index >= 15 is 0 Å². The van der Waals surface area contributed by atoms with Crippen molar-refractivity contribution in [2.45, 2.75) is 19.6 Å². The van der Waals surface area contributed by atoms with E-state index in [4.69, 9.17) is 16.0 Å². The molecule has 2 aromatic rings. The zero-order chi connectivity index (χ0) is 16.1. The van der Waals surface area contributed by atoms with Gasteiger partial charge < -0.3 is 20.2 Å². The van der Waals surface area contributed by atoms with Gasteiger partial charge in [0, 0.05) is 6.54 Å². The van der Waals surface area contributed by atoms with Crippen LogP contribution in [0.3, 0.4) is 0 Å². The number of nitrogens with zero attached hydrogens (tertiary/aromatic N) is 1. The van der Waals surface area contributed by atoms with Gasteiger partial charge in [-0.05, 0) is 24.6 Å². The van der Waals surface area contributed by atoms with Crippen LogP contribution in [0.5, 0.6) is 0 Å². The number of amides is 2. The van der Waals surface area contributed by atoms with Gasteiger partial charge >= 0.3 is 6.03 Å². The number of aryl methyl sites for hydroxylation is 1.